The van der Waals surface area contributed by atoms with Gasteiger partial charge < -0.3 is 0 Å². The van der Waals surface area contributed by atoms with Gasteiger partial charge in [0, 0.05) is 32.5 Å². The van der Waals surface area contributed by atoms with E-state index in [9.17, 15) is 14.4 Å². The summed E-state index contributed by atoms with van der Waals surface area (Å²) in [5.41, 5.74) is -2.62. The molecule has 0 bridgehead atoms. The van der Waals surface area contributed by atoms with Gasteiger partial charge in [-0.15, -0.1) is 0 Å². The van der Waals surface area contributed by atoms with Crippen molar-refractivity contribution in [3.63, 3.8) is 0 Å². The number of hydrogen-bond donors (Lipinski definition) is 0. The number of rotatable bonds is 0. The van der Waals surface area contributed by atoms with Crippen molar-refractivity contribution in [1.29, 1.82) is 0 Å². The van der Waals surface area contributed by atoms with E-state index in [1.54, 1.807) is 0 Å². The van der Waals surface area contributed by atoms with Crippen LogP contribution in [0.3, 0.4) is 0 Å². The Hall–Kier alpha value is -1.59. The Morgan fingerprint density at radius 2 is 0.636 bits per heavy atom. The fourth-order valence-corrected chi connectivity index (χ4v) is 8.70. The van der Waals surface area contributed by atoms with E-state index >= 15 is 0 Å². The minimum atomic E-state index is -0.561. The van der Waals surface area contributed by atoms with Crippen molar-refractivity contribution >= 4 is 17.7 Å². The highest BCUT2D eigenvalue weighted by Gasteiger charge is 2.70. The molecule has 0 atom stereocenters. The Kier molecular flexibility index (Phi) is 4.71. The summed E-state index contributed by atoms with van der Waals surface area (Å²) in [5.74, 6) is 0.152. The van der Waals surface area contributed by atoms with Crippen molar-refractivity contribution < 1.29 is 14.4 Å². The van der Waals surface area contributed by atoms with Crippen LogP contribution in [0.4, 0.5) is 0 Å². The first-order valence-electron chi connectivity index (χ1n) is 12.6. The maximum atomic E-state index is 14.1. The summed E-state index contributed by atoms with van der Waals surface area (Å²) in [4.78, 5) is 48.3. The fraction of sp³-hybridized carbons (Fsp3) is 0.889. The molecule has 0 aliphatic carbocycles. The van der Waals surface area contributed by atoms with E-state index in [-0.39, 0.29) is 52.5 Å². The number of hydrogen-bond acceptors (Lipinski definition) is 3. The molecule has 6 nitrogen and oxygen atoms in total. The Labute approximate surface area is 200 Å². The Bertz CT molecular complexity index is 796. The van der Waals surface area contributed by atoms with Gasteiger partial charge in [-0.2, -0.15) is 0 Å². The minimum absolute atomic E-state index is 0.0508. The smallest absolute Gasteiger partial charge is 0.231 e. The largest absolute Gasteiger partial charge is 0.300 e. The zero-order valence-electron chi connectivity index (χ0n) is 22.9. The molecule has 4 fully saturated rings. The highest BCUT2D eigenvalue weighted by molar-refractivity contribution is 5.91. The lowest BCUT2D eigenvalue weighted by Gasteiger charge is -2.73. The van der Waals surface area contributed by atoms with Gasteiger partial charge in [0.2, 0.25) is 17.7 Å². The average molecular weight is 460 g/mol. The van der Waals surface area contributed by atoms with Crippen LogP contribution in [-0.4, -0.2) is 50.9 Å². The quantitative estimate of drug-likeness (QED) is 0.521. The van der Waals surface area contributed by atoms with Crippen molar-refractivity contribution in [2.45, 2.75) is 121 Å². The first-order chi connectivity index (χ1) is 14.6. The van der Waals surface area contributed by atoms with Crippen molar-refractivity contribution in [1.82, 2.24) is 14.7 Å². The highest BCUT2D eigenvalue weighted by Crippen LogP contribution is 2.60. The topological polar surface area (TPSA) is 60.9 Å². The van der Waals surface area contributed by atoms with Crippen LogP contribution in [-0.2, 0) is 14.4 Å². The second kappa shape index (κ2) is 6.34. The third kappa shape index (κ3) is 3.14. The predicted molar refractivity (Wildman–Crippen MR) is 128 cm³/mol. The molecule has 4 saturated heterocycles. The molecule has 0 aromatic heterocycles. The maximum absolute atomic E-state index is 14.1. The molecule has 4 heterocycles. The Morgan fingerprint density at radius 1 is 0.455 bits per heavy atom. The Balaban J connectivity index is 2.05. The summed E-state index contributed by atoms with van der Waals surface area (Å²) in [7, 11) is 0. The van der Waals surface area contributed by atoms with E-state index in [1.165, 1.54) is 0 Å². The summed E-state index contributed by atoms with van der Waals surface area (Å²) in [6, 6.07) is 0. The van der Waals surface area contributed by atoms with Crippen LogP contribution >= 0.6 is 0 Å². The average Bonchev–Trinajstić information content (AvgIpc) is 2.58. The van der Waals surface area contributed by atoms with Gasteiger partial charge in [0.15, 0.2) is 0 Å². The fourth-order valence-electron chi connectivity index (χ4n) is 8.70. The predicted octanol–water partition coefficient (Wildman–Crippen LogP) is 4.83. The van der Waals surface area contributed by atoms with E-state index in [0.717, 1.165) is 0 Å². The first kappa shape index (κ1) is 24.5. The molecule has 4 aliphatic rings. The Morgan fingerprint density at radius 3 is 0.818 bits per heavy atom. The summed E-state index contributed by atoms with van der Waals surface area (Å²) in [6.07, 6.45) is 0.981. The molecule has 0 spiro atoms. The lowest BCUT2D eigenvalue weighted by atomic mass is 9.59. The summed E-state index contributed by atoms with van der Waals surface area (Å²) >= 11 is 0. The van der Waals surface area contributed by atoms with Gasteiger partial charge >= 0.3 is 0 Å². The molecule has 0 unspecified atom stereocenters. The van der Waals surface area contributed by atoms with E-state index < -0.39 is 16.2 Å². The molecule has 33 heavy (non-hydrogen) atoms. The molecule has 4 aliphatic heterocycles. The first-order valence-corrected chi connectivity index (χ1v) is 12.6. The van der Waals surface area contributed by atoms with Crippen molar-refractivity contribution in [3.8, 4) is 0 Å². The molecule has 4 rings (SSSR count). The van der Waals surface area contributed by atoms with Gasteiger partial charge in [0.25, 0.3) is 0 Å². The molecule has 0 saturated carbocycles. The van der Waals surface area contributed by atoms with Gasteiger partial charge in [0.1, 0.15) is 18.5 Å². The SMILES string of the molecule is CC1(C)CC(C)(C)C2N(C1=O)C1N(C(=O)C(C)(C)CC1(C)C)C1N2C(=O)C(C)(C)CC1(C)C. The molecular weight excluding hydrogens is 414 g/mol. The second-order valence-corrected chi connectivity index (χ2v) is 15.4. The van der Waals surface area contributed by atoms with Crippen LogP contribution in [0.25, 0.3) is 0 Å². The van der Waals surface area contributed by atoms with Crippen LogP contribution in [0.2, 0.25) is 0 Å². The zero-order valence-corrected chi connectivity index (χ0v) is 22.9. The molecular formula is C27H45N3O3. The molecule has 0 aromatic carbocycles. The monoisotopic (exact) mass is 459 g/mol. The summed E-state index contributed by atoms with van der Waals surface area (Å²) in [6.45, 7) is 25.2. The van der Waals surface area contributed by atoms with E-state index in [1.807, 2.05) is 56.2 Å². The molecule has 6 heteroatoms. The standard InChI is InChI=1S/C27H45N3O3/c1-22(2)13-25(7,8)19(31)28-16(22)29-18(23(3,4)14-26(9,10)20(29)32)30-17(28)24(5,6)15-27(11,12)21(30)33/h16-18H,13-15H2,1-12H3. The number of nitrogens with zero attached hydrogens (tertiary/aromatic N) is 3. The van der Waals surface area contributed by atoms with E-state index in [2.05, 4.69) is 41.5 Å². The summed E-state index contributed by atoms with van der Waals surface area (Å²) < 4.78 is 0. The molecule has 186 valence electrons. The van der Waals surface area contributed by atoms with Crippen molar-refractivity contribution in [2.75, 3.05) is 0 Å². The number of amides is 3. The lowest BCUT2D eigenvalue weighted by molar-refractivity contribution is -0.281. The minimum Gasteiger partial charge on any atom is -0.300 e. The number of fused-ring (bicyclic) bond motifs is 6. The van der Waals surface area contributed by atoms with Crippen LogP contribution in [0.5, 0.6) is 0 Å². The normalized spacial score (nSPS) is 37.3. The maximum Gasteiger partial charge on any atom is 0.231 e. The molecule has 3 amide bonds. The van der Waals surface area contributed by atoms with Crippen LogP contribution in [0.1, 0.15) is 102 Å². The summed E-state index contributed by atoms with van der Waals surface area (Å²) in [5, 5.41) is 0. The van der Waals surface area contributed by atoms with Crippen molar-refractivity contribution in [2.24, 2.45) is 32.5 Å². The third-order valence-corrected chi connectivity index (χ3v) is 8.81. The van der Waals surface area contributed by atoms with Gasteiger partial charge in [-0.05, 0) is 19.3 Å². The van der Waals surface area contributed by atoms with E-state index in [4.69, 9.17) is 0 Å². The van der Waals surface area contributed by atoms with Crippen LogP contribution < -0.4 is 0 Å². The molecule has 0 N–H and O–H groups in total. The second-order valence-electron chi connectivity index (χ2n) is 15.4. The highest BCUT2D eigenvalue weighted by atomic mass is 16.2. The van der Waals surface area contributed by atoms with Gasteiger partial charge in [-0.1, -0.05) is 83.1 Å². The zero-order chi connectivity index (χ0) is 25.3. The van der Waals surface area contributed by atoms with Crippen LogP contribution in [0.15, 0.2) is 0 Å². The third-order valence-electron chi connectivity index (χ3n) is 8.81. The van der Waals surface area contributed by atoms with Gasteiger partial charge in [-0.3, -0.25) is 29.1 Å². The molecule has 0 aromatic rings. The molecule has 0 radical (unpaired) electrons. The number of piperidine rings is 3. The van der Waals surface area contributed by atoms with Crippen LogP contribution in [0, 0.1) is 32.5 Å². The van der Waals surface area contributed by atoms with Crippen molar-refractivity contribution in [3.05, 3.63) is 0 Å². The lowest BCUT2D eigenvalue weighted by Crippen LogP contribution is -2.86. The number of carbonyl (C=O) groups excluding carboxylic acids is 3. The van der Waals surface area contributed by atoms with E-state index in [0.29, 0.717) is 19.3 Å². The van der Waals surface area contributed by atoms with Gasteiger partial charge in [-0.25, -0.2) is 0 Å². The van der Waals surface area contributed by atoms with Gasteiger partial charge in [0.05, 0.1) is 0 Å². The number of carbonyl (C=O) groups is 3.